The first-order valence-corrected chi connectivity index (χ1v) is 7.08. The maximum atomic E-state index is 12.3. The third-order valence-corrected chi connectivity index (χ3v) is 3.91. The van der Waals surface area contributed by atoms with Crippen LogP contribution in [0.25, 0.3) is 0 Å². The lowest BCUT2D eigenvalue weighted by atomic mass is 9.98. The van der Waals surface area contributed by atoms with Gasteiger partial charge in [0.05, 0.1) is 12.2 Å². The highest BCUT2D eigenvalue weighted by Crippen LogP contribution is 2.29. The maximum Gasteiger partial charge on any atom is 0.170 e. The van der Waals surface area contributed by atoms with Crippen molar-refractivity contribution in [1.29, 1.82) is 0 Å². The quantitative estimate of drug-likeness (QED) is 0.788. The first-order chi connectivity index (χ1) is 8.84. The van der Waals surface area contributed by atoms with E-state index in [1.54, 1.807) is 11.3 Å². The number of ketones is 1. The van der Waals surface area contributed by atoms with Crippen molar-refractivity contribution in [3.8, 4) is 5.75 Å². The van der Waals surface area contributed by atoms with Gasteiger partial charge in [0.2, 0.25) is 0 Å². The zero-order valence-corrected chi connectivity index (χ0v) is 10.8. The van der Waals surface area contributed by atoms with Crippen molar-refractivity contribution in [2.24, 2.45) is 0 Å². The van der Waals surface area contributed by atoms with Crippen molar-refractivity contribution in [3.63, 3.8) is 0 Å². The minimum Gasteiger partial charge on any atom is -0.493 e. The Balaban J connectivity index is 1.89. The van der Waals surface area contributed by atoms with Crippen molar-refractivity contribution in [1.82, 2.24) is 0 Å². The van der Waals surface area contributed by atoms with Crippen molar-refractivity contribution >= 4 is 17.1 Å². The van der Waals surface area contributed by atoms with E-state index in [2.05, 4.69) is 6.07 Å². The van der Waals surface area contributed by atoms with Gasteiger partial charge < -0.3 is 4.74 Å². The van der Waals surface area contributed by atoms with Gasteiger partial charge in [-0.15, -0.1) is 0 Å². The van der Waals surface area contributed by atoms with Crippen molar-refractivity contribution in [2.45, 2.75) is 19.3 Å². The summed E-state index contributed by atoms with van der Waals surface area (Å²) in [4.78, 5) is 12.3. The third-order valence-electron chi connectivity index (χ3n) is 3.18. The molecule has 0 fully saturated rings. The fourth-order valence-electron chi connectivity index (χ4n) is 2.28. The highest BCUT2D eigenvalue weighted by molar-refractivity contribution is 7.08. The molecule has 1 aliphatic rings. The molecule has 1 aromatic carbocycles. The molecule has 0 spiro atoms. The predicted octanol–water partition coefficient (Wildman–Crippen LogP) is 3.50. The molecule has 0 bridgehead atoms. The van der Waals surface area contributed by atoms with Crippen LogP contribution < -0.4 is 4.74 Å². The van der Waals surface area contributed by atoms with E-state index in [0.29, 0.717) is 6.42 Å². The van der Waals surface area contributed by atoms with Crippen molar-refractivity contribution < 1.29 is 9.53 Å². The van der Waals surface area contributed by atoms with E-state index in [9.17, 15) is 4.79 Å². The number of ether oxygens (including phenoxy) is 1. The molecule has 0 atom stereocenters. The number of Topliss-reactive ketones (excluding diaryl/α,β-unsaturated/α-hetero) is 1. The van der Waals surface area contributed by atoms with Gasteiger partial charge in [-0.1, -0.05) is 12.1 Å². The van der Waals surface area contributed by atoms with Crippen molar-refractivity contribution in [2.75, 3.05) is 6.61 Å². The highest BCUT2D eigenvalue weighted by Gasteiger charge is 2.19. The molecular formula is C15H14O2S. The Morgan fingerprint density at radius 3 is 3.11 bits per heavy atom. The van der Waals surface area contributed by atoms with Crippen LogP contribution in [0.15, 0.2) is 35.0 Å². The summed E-state index contributed by atoms with van der Waals surface area (Å²) < 4.78 is 5.68. The van der Waals surface area contributed by atoms with E-state index in [4.69, 9.17) is 4.74 Å². The van der Waals surface area contributed by atoms with E-state index in [-0.39, 0.29) is 5.78 Å². The molecule has 1 aromatic heterocycles. The Labute approximate surface area is 110 Å². The molecule has 0 saturated carbocycles. The molecule has 18 heavy (non-hydrogen) atoms. The van der Waals surface area contributed by atoms with Gasteiger partial charge in [0, 0.05) is 6.42 Å². The summed E-state index contributed by atoms with van der Waals surface area (Å²) in [6.07, 6.45) is 2.51. The largest absolute Gasteiger partial charge is 0.493 e. The van der Waals surface area contributed by atoms with Crippen LogP contribution in [-0.4, -0.2) is 12.4 Å². The summed E-state index contributed by atoms with van der Waals surface area (Å²) in [7, 11) is 0. The van der Waals surface area contributed by atoms with Gasteiger partial charge in [-0.3, -0.25) is 4.79 Å². The normalized spacial score (nSPS) is 13.8. The Bertz CT molecular complexity index is 558. The fourth-order valence-corrected chi connectivity index (χ4v) is 2.95. The lowest BCUT2D eigenvalue weighted by Crippen LogP contribution is -2.13. The fraction of sp³-hybridized carbons (Fsp3) is 0.267. The average molecular weight is 258 g/mol. The molecule has 0 amide bonds. The van der Waals surface area contributed by atoms with Crippen LogP contribution >= 0.6 is 11.3 Å². The molecule has 0 unspecified atom stereocenters. The summed E-state index contributed by atoms with van der Waals surface area (Å²) in [5.41, 5.74) is 2.98. The summed E-state index contributed by atoms with van der Waals surface area (Å²) in [5.74, 6) is 0.955. The molecule has 3 rings (SSSR count). The summed E-state index contributed by atoms with van der Waals surface area (Å²) in [6, 6.07) is 7.88. The van der Waals surface area contributed by atoms with Gasteiger partial charge in [-0.2, -0.15) is 11.3 Å². The van der Waals surface area contributed by atoms with Gasteiger partial charge in [0.1, 0.15) is 5.75 Å². The van der Waals surface area contributed by atoms with Crippen LogP contribution in [0, 0.1) is 0 Å². The Morgan fingerprint density at radius 2 is 2.28 bits per heavy atom. The molecule has 92 valence electrons. The number of carbonyl (C=O) groups excluding carboxylic acids is 1. The molecule has 0 saturated heterocycles. The first-order valence-electron chi connectivity index (χ1n) is 6.13. The number of para-hydroxylation sites is 1. The standard InChI is InChI=1S/C15H14O2S/c16-14(9-11-6-8-18-10-11)13-5-1-3-12-4-2-7-17-15(12)13/h1,3,5-6,8,10H,2,4,7,9H2. The molecule has 2 heterocycles. The number of rotatable bonds is 3. The monoisotopic (exact) mass is 258 g/mol. The minimum absolute atomic E-state index is 0.146. The highest BCUT2D eigenvalue weighted by atomic mass is 32.1. The third kappa shape index (κ3) is 2.18. The summed E-state index contributed by atoms with van der Waals surface area (Å²) >= 11 is 1.62. The van der Waals surface area contributed by atoms with Gasteiger partial charge in [-0.25, -0.2) is 0 Å². The predicted molar refractivity (Wildman–Crippen MR) is 72.6 cm³/mol. The zero-order chi connectivity index (χ0) is 12.4. The smallest absolute Gasteiger partial charge is 0.170 e. The zero-order valence-electron chi connectivity index (χ0n) is 10.0. The van der Waals surface area contributed by atoms with E-state index in [1.165, 1.54) is 0 Å². The van der Waals surface area contributed by atoms with E-state index in [0.717, 1.165) is 41.9 Å². The summed E-state index contributed by atoms with van der Waals surface area (Å²) in [5, 5.41) is 4.02. The Hall–Kier alpha value is -1.61. The van der Waals surface area contributed by atoms with Crippen LogP contribution in [-0.2, 0) is 12.8 Å². The second-order valence-corrected chi connectivity index (χ2v) is 5.26. The minimum atomic E-state index is 0.146. The second-order valence-electron chi connectivity index (χ2n) is 4.48. The molecule has 2 aromatic rings. The number of benzene rings is 1. The SMILES string of the molecule is O=C(Cc1ccsc1)c1cccc2c1OCCC2. The lowest BCUT2D eigenvalue weighted by Gasteiger charge is -2.19. The number of hydrogen-bond acceptors (Lipinski definition) is 3. The topological polar surface area (TPSA) is 26.3 Å². The van der Waals surface area contributed by atoms with Crippen LogP contribution in [0.2, 0.25) is 0 Å². The molecule has 0 aliphatic carbocycles. The van der Waals surface area contributed by atoms with Gasteiger partial charge in [0.25, 0.3) is 0 Å². The Morgan fingerprint density at radius 1 is 1.33 bits per heavy atom. The van der Waals surface area contributed by atoms with E-state index < -0.39 is 0 Å². The van der Waals surface area contributed by atoms with Crippen LogP contribution in [0.4, 0.5) is 0 Å². The molecular weight excluding hydrogens is 244 g/mol. The molecule has 2 nitrogen and oxygen atoms in total. The van der Waals surface area contributed by atoms with Crippen LogP contribution in [0.5, 0.6) is 5.75 Å². The van der Waals surface area contributed by atoms with Gasteiger partial charge in [-0.05, 0) is 46.9 Å². The molecule has 1 aliphatic heterocycles. The number of fused-ring (bicyclic) bond motifs is 1. The second kappa shape index (κ2) is 4.94. The lowest BCUT2D eigenvalue weighted by molar-refractivity contribution is 0.0988. The van der Waals surface area contributed by atoms with E-state index >= 15 is 0 Å². The van der Waals surface area contributed by atoms with Crippen LogP contribution in [0.1, 0.15) is 27.9 Å². The molecule has 3 heteroatoms. The summed E-state index contributed by atoms with van der Waals surface area (Å²) in [6.45, 7) is 0.718. The molecule has 0 radical (unpaired) electrons. The number of hydrogen-bond donors (Lipinski definition) is 0. The molecule has 0 N–H and O–H groups in total. The first kappa shape index (κ1) is 11.5. The number of aryl methyl sites for hydroxylation is 1. The average Bonchev–Trinajstić information content (AvgIpc) is 2.91. The Kier molecular flexibility index (Phi) is 3.15. The maximum absolute atomic E-state index is 12.3. The number of thiophene rings is 1. The van der Waals surface area contributed by atoms with Gasteiger partial charge >= 0.3 is 0 Å². The van der Waals surface area contributed by atoms with Crippen LogP contribution in [0.3, 0.4) is 0 Å². The van der Waals surface area contributed by atoms with Crippen molar-refractivity contribution in [3.05, 3.63) is 51.7 Å². The van der Waals surface area contributed by atoms with Gasteiger partial charge in [0.15, 0.2) is 5.78 Å². The number of carbonyl (C=O) groups is 1. The van der Waals surface area contributed by atoms with E-state index in [1.807, 2.05) is 29.0 Å².